The van der Waals surface area contributed by atoms with Crippen molar-refractivity contribution in [1.82, 2.24) is 19.7 Å². The molecule has 10 nitrogen and oxygen atoms in total. The molecule has 0 saturated carbocycles. The first kappa shape index (κ1) is 25.8. The summed E-state index contributed by atoms with van der Waals surface area (Å²) in [5, 5.41) is 17.5. The number of thiophene rings is 1. The summed E-state index contributed by atoms with van der Waals surface area (Å²) in [5.41, 5.74) is 9.28. The summed E-state index contributed by atoms with van der Waals surface area (Å²) in [6.07, 6.45) is 2.10. The Morgan fingerprint density at radius 3 is 2.82 bits per heavy atom. The summed E-state index contributed by atoms with van der Waals surface area (Å²) in [6.45, 7) is 1.95. The Balaban J connectivity index is 1.70. The molecule has 0 atom stereocenters. The fourth-order valence-electron chi connectivity index (χ4n) is 4.24. The molecule has 5 rings (SSSR count). The van der Waals surface area contributed by atoms with Crippen molar-refractivity contribution in [1.29, 1.82) is 0 Å². The number of fused-ring (bicyclic) bond motifs is 1. The molecule has 0 fully saturated rings. The summed E-state index contributed by atoms with van der Waals surface area (Å²) < 4.78 is 21.3. The molecule has 0 bridgehead atoms. The molecule has 0 amide bonds. The van der Waals surface area contributed by atoms with Gasteiger partial charge < -0.3 is 20.5 Å². The van der Waals surface area contributed by atoms with Crippen molar-refractivity contribution in [3.05, 3.63) is 71.1 Å². The van der Waals surface area contributed by atoms with Crippen LogP contribution in [0.2, 0.25) is 0 Å². The summed E-state index contributed by atoms with van der Waals surface area (Å²) in [4.78, 5) is 27.0. The van der Waals surface area contributed by atoms with Crippen LogP contribution in [-0.4, -0.2) is 51.1 Å². The van der Waals surface area contributed by atoms with E-state index in [-0.39, 0.29) is 18.1 Å². The second kappa shape index (κ2) is 10.5. The van der Waals surface area contributed by atoms with Crippen LogP contribution in [0.25, 0.3) is 22.3 Å². The fourth-order valence-corrected chi connectivity index (χ4v) is 5.15. The molecule has 3 N–H and O–H groups in total. The van der Waals surface area contributed by atoms with Crippen LogP contribution in [0.15, 0.2) is 59.2 Å². The monoisotopic (exact) mass is 545 g/mol. The number of carbonyl (C=O) groups excluding carboxylic acids is 1. The van der Waals surface area contributed by atoms with Gasteiger partial charge >= 0.3 is 0 Å². The van der Waals surface area contributed by atoms with Crippen LogP contribution in [0.4, 0.5) is 20.9 Å². The Kier molecular flexibility index (Phi) is 6.94. The SMILES string of the molecule is COc1ccccc1N(C)/C(Cn1nc(-c2cc(O)cc(F)c2)c2c(N)ncnc21)=N\c1scc(C)c1C=O. The second-order valence-corrected chi connectivity index (χ2v) is 9.53. The molecule has 0 aliphatic heterocycles. The van der Waals surface area contributed by atoms with Gasteiger partial charge in [-0.25, -0.2) is 24.0 Å². The lowest BCUT2D eigenvalue weighted by Gasteiger charge is -2.23. The van der Waals surface area contributed by atoms with Gasteiger partial charge in [0.1, 0.15) is 52.5 Å². The van der Waals surface area contributed by atoms with Gasteiger partial charge in [-0.3, -0.25) is 4.79 Å². The third kappa shape index (κ3) is 4.89. The van der Waals surface area contributed by atoms with Gasteiger partial charge in [0.25, 0.3) is 0 Å². The number of rotatable bonds is 7. The maximum atomic E-state index is 14.2. The van der Waals surface area contributed by atoms with Crippen LogP contribution in [-0.2, 0) is 6.54 Å². The zero-order valence-corrected chi connectivity index (χ0v) is 22.1. The van der Waals surface area contributed by atoms with Gasteiger partial charge in [-0.2, -0.15) is 5.10 Å². The van der Waals surface area contributed by atoms with E-state index in [2.05, 4.69) is 9.97 Å². The van der Waals surface area contributed by atoms with Gasteiger partial charge in [0.05, 0.1) is 23.7 Å². The van der Waals surface area contributed by atoms with E-state index < -0.39 is 5.82 Å². The summed E-state index contributed by atoms with van der Waals surface area (Å²) in [7, 11) is 3.41. The molecule has 12 heteroatoms. The number of benzene rings is 2. The minimum absolute atomic E-state index is 0.0953. The number of hydrogen-bond donors (Lipinski definition) is 2. The van der Waals surface area contributed by atoms with Crippen molar-refractivity contribution in [2.24, 2.45) is 4.99 Å². The number of carbonyl (C=O) groups is 1. The number of hydrogen-bond acceptors (Lipinski definition) is 9. The minimum atomic E-state index is -0.629. The topological polar surface area (TPSA) is 132 Å². The Bertz CT molecular complexity index is 1710. The zero-order chi connectivity index (χ0) is 27.7. The number of aldehydes is 1. The highest BCUT2D eigenvalue weighted by molar-refractivity contribution is 7.14. The Hall–Kier alpha value is -4.84. The Morgan fingerprint density at radius 2 is 2.08 bits per heavy atom. The van der Waals surface area contributed by atoms with E-state index in [1.165, 1.54) is 29.8 Å². The number of aromatic nitrogens is 4. The zero-order valence-electron chi connectivity index (χ0n) is 21.3. The quantitative estimate of drug-likeness (QED) is 0.166. The lowest BCUT2D eigenvalue weighted by atomic mass is 10.1. The number of methoxy groups -OCH3 is 1. The van der Waals surface area contributed by atoms with E-state index in [0.29, 0.717) is 44.4 Å². The van der Waals surface area contributed by atoms with Gasteiger partial charge in [0.15, 0.2) is 11.9 Å². The second-order valence-electron chi connectivity index (χ2n) is 8.68. The summed E-state index contributed by atoms with van der Waals surface area (Å²) in [5.74, 6) is 0.406. The molecule has 2 aromatic carbocycles. The van der Waals surface area contributed by atoms with Crippen molar-refractivity contribution in [3.8, 4) is 22.8 Å². The van der Waals surface area contributed by atoms with E-state index in [0.717, 1.165) is 23.6 Å². The first-order valence-corrected chi connectivity index (χ1v) is 12.6. The predicted octanol–water partition coefficient (Wildman–Crippen LogP) is 4.98. The molecule has 198 valence electrons. The molecule has 0 radical (unpaired) electrons. The number of nitrogens with two attached hydrogens (primary N) is 1. The molecule has 0 saturated heterocycles. The number of nitrogens with zero attached hydrogens (tertiary/aromatic N) is 6. The number of phenolic OH excluding ortho intramolecular Hbond substituents is 1. The number of amidine groups is 1. The number of aliphatic imine (C=N–C) groups is 1. The number of likely N-dealkylation sites (N-methyl/N-ethyl adjacent to an activating group) is 1. The number of anilines is 2. The highest BCUT2D eigenvalue weighted by atomic mass is 32.1. The molecule has 3 heterocycles. The van der Waals surface area contributed by atoms with E-state index in [4.69, 9.17) is 20.6 Å². The first-order chi connectivity index (χ1) is 18.8. The molecule has 0 unspecified atom stereocenters. The van der Waals surface area contributed by atoms with Gasteiger partial charge in [0.2, 0.25) is 0 Å². The fraction of sp³-hybridized carbons (Fsp3) is 0.148. The molecule has 5 aromatic rings. The Morgan fingerprint density at radius 1 is 1.28 bits per heavy atom. The standard InChI is InChI=1S/C27H24FN7O3S/c1-15-13-39-27(19(15)12-36)32-22(34(2)20-6-4-5-7-21(20)38-3)11-35-26-23(25(29)30-14-31-26)24(33-35)16-8-17(28)10-18(37)9-16/h4-10,12-14,37H,11H2,1-3H3,(H2,29,30,31)/b32-22-. The third-order valence-electron chi connectivity index (χ3n) is 6.19. The van der Waals surface area contributed by atoms with Gasteiger partial charge in [-0.15, -0.1) is 11.3 Å². The van der Waals surface area contributed by atoms with E-state index in [9.17, 15) is 14.3 Å². The van der Waals surface area contributed by atoms with Gasteiger partial charge in [-0.1, -0.05) is 12.1 Å². The number of phenols is 1. The van der Waals surface area contributed by atoms with Gasteiger partial charge in [0, 0.05) is 18.7 Å². The maximum Gasteiger partial charge on any atom is 0.164 e. The molecular formula is C27H24FN7O3S. The molecule has 0 aliphatic rings. The van der Waals surface area contributed by atoms with Crippen molar-refractivity contribution >= 4 is 51.0 Å². The van der Waals surface area contributed by atoms with E-state index >= 15 is 0 Å². The molecule has 0 spiro atoms. The smallest absolute Gasteiger partial charge is 0.164 e. The van der Waals surface area contributed by atoms with Gasteiger partial charge in [-0.05, 0) is 42.1 Å². The normalized spacial score (nSPS) is 11.6. The van der Waals surface area contributed by atoms with Crippen molar-refractivity contribution < 1.29 is 19.0 Å². The van der Waals surface area contributed by atoms with E-state index in [1.807, 2.05) is 48.5 Å². The number of aromatic hydroxyl groups is 1. The lowest BCUT2D eigenvalue weighted by molar-refractivity contribution is 0.112. The average molecular weight is 546 g/mol. The van der Waals surface area contributed by atoms with Crippen molar-refractivity contribution in [2.45, 2.75) is 13.5 Å². The average Bonchev–Trinajstić information content (AvgIpc) is 3.47. The number of aryl methyl sites for hydroxylation is 1. The van der Waals surface area contributed by atoms with Crippen LogP contribution in [0.1, 0.15) is 15.9 Å². The number of nitrogen functional groups attached to an aromatic ring is 1. The maximum absolute atomic E-state index is 14.2. The molecule has 39 heavy (non-hydrogen) atoms. The van der Waals surface area contributed by atoms with Crippen molar-refractivity contribution in [3.63, 3.8) is 0 Å². The van der Waals surface area contributed by atoms with Crippen LogP contribution in [0.3, 0.4) is 0 Å². The number of halogens is 1. The lowest BCUT2D eigenvalue weighted by Crippen LogP contribution is -2.31. The number of para-hydroxylation sites is 2. The molecular weight excluding hydrogens is 521 g/mol. The van der Waals surface area contributed by atoms with Crippen molar-refractivity contribution in [2.75, 3.05) is 24.8 Å². The highest BCUT2D eigenvalue weighted by Gasteiger charge is 2.22. The van der Waals surface area contributed by atoms with Crippen LogP contribution < -0.4 is 15.4 Å². The number of ether oxygens (including phenoxy) is 1. The molecule has 0 aliphatic carbocycles. The summed E-state index contributed by atoms with van der Waals surface area (Å²) >= 11 is 1.35. The first-order valence-electron chi connectivity index (χ1n) is 11.7. The summed E-state index contributed by atoms with van der Waals surface area (Å²) in [6, 6.07) is 11.1. The largest absolute Gasteiger partial charge is 0.508 e. The van der Waals surface area contributed by atoms with E-state index in [1.54, 1.807) is 11.8 Å². The van der Waals surface area contributed by atoms with Crippen LogP contribution >= 0.6 is 11.3 Å². The minimum Gasteiger partial charge on any atom is -0.508 e. The highest BCUT2D eigenvalue weighted by Crippen LogP contribution is 2.35. The van der Waals surface area contributed by atoms with Crippen LogP contribution in [0, 0.1) is 12.7 Å². The van der Waals surface area contributed by atoms with Crippen LogP contribution in [0.5, 0.6) is 11.5 Å². The Labute approximate surface area is 226 Å². The molecule has 3 aromatic heterocycles. The third-order valence-corrected chi connectivity index (χ3v) is 7.20. The predicted molar refractivity (Wildman–Crippen MR) is 150 cm³/mol.